The molecule has 1 N–H and O–H groups in total. The molecule has 0 saturated carbocycles. The highest BCUT2D eigenvalue weighted by molar-refractivity contribution is 6.46. The van der Waals surface area contributed by atoms with Gasteiger partial charge in [0.15, 0.2) is 0 Å². The molecule has 0 saturated heterocycles. The van der Waals surface area contributed by atoms with Gasteiger partial charge in [-0.2, -0.15) is 0 Å². The number of hydrogen-bond acceptors (Lipinski definition) is 4. The van der Waals surface area contributed by atoms with E-state index in [0.717, 1.165) is 4.90 Å². The average molecular weight is 467 g/mol. The van der Waals surface area contributed by atoms with Crippen molar-refractivity contribution in [2.75, 3.05) is 10.2 Å². The van der Waals surface area contributed by atoms with Crippen LogP contribution in [0.25, 0.3) is 5.57 Å². The minimum atomic E-state index is -0.491. The fraction of sp³-hybridized carbons (Fsp3) is 0.120. The number of halogens is 2. The van der Waals surface area contributed by atoms with Crippen molar-refractivity contribution in [3.8, 4) is 5.75 Å². The van der Waals surface area contributed by atoms with Crippen molar-refractivity contribution in [1.82, 2.24) is 0 Å². The summed E-state index contributed by atoms with van der Waals surface area (Å²) in [6.07, 6.45) is 0.0494. The highest BCUT2D eigenvalue weighted by atomic mass is 35.5. The van der Waals surface area contributed by atoms with Crippen LogP contribution in [0.5, 0.6) is 5.75 Å². The van der Waals surface area contributed by atoms with Gasteiger partial charge in [0.2, 0.25) is 0 Å². The number of hydrogen-bond donors (Lipinski definition) is 1. The van der Waals surface area contributed by atoms with E-state index < -0.39 is 11.8 Å². The molecule has 0 unspecified atom stereocenters. The van der Waals surface area contributed by atoms with Gasteiger partial charge < -0.3 is 10.1 Å². The maximum Gasteiger partial charge on any atom is 0.282 e. The molecule has 4 rings (SSSR count). The fourth-order valence-electron chi connectivity index (χ4n) is 3.45. The largest absolute Gasteiger partial charge is 0.491 e. The van der Waals surface area contributed by atoms with Gasteiger partial charge in [-0.3, -0.25) is 9.59 Å². The SMILES string of the molecule is CC(C)Oc1ccc(NC2=C(c3ccccc3)C(=O)N(c3cc(Cl)cc(Cl)c3)C2=O)cc1. The summed E-state index contributed by atoms with van der Waals surface area (Å²) in [5.74, 6) is -0.233. The van der Waals surface area contributed by atoms with Crippen molar-refractivity contribution in [2.24, 2.45) is 0 Å². The molecule has 0 aromatic heterocycles. The standard InChI is InChI=1S/C25H20Cl2N2O3/c1-15(2)32-21-10-8-19(9-11-21)28-23-22(16-6-4-3-5-7-16)24(30)29(25(23)31)20-13-17(26)12-18(27)14-20/h3-15,28H,1-2H3. The van der Waals surface area contributed by atoms with Crippen LogP contribution in [-0.2, 0) is 9.59 Å². The lowest BCUT2D eigenvalue weighted by Gasteiger charge is -2.16. The number of nitrogens with one attached hydrogen (secondary N) is 1. The second-order valence-electron chi connectivity index (χ2n) is 7.51. The third-order valence-electron chi connectivity index (χ3n) is 4.75. The van der Waals surface area contributed by atoms with Crippen molar-refractivity contribution in [2.45, 2.75) is 20.0 Å². The highest BCUT2D eigenvalue weighted by Crippen LogP contribution is 2.36. The summed E-state index contributed by atoms with van der Waals surface area (Å²) in [6, 6.07) is 20.9. The molecule has 5 nitrogen and oxygen atoms in total. The molecule has 7 heteroatoms. The zero-order valence-electron chi connectivity index (χ0n) is 17.4. The molecule has 0 radical (unpaired) electrons. The van der Waals surface area contributed by atoms with E-state index in [-0.39, 0.29) is 17.4 Å². The Morgan fingerprint density at radius 3 is 2.06 bits per heavy atom. The summed E-state index contributed by atoms with van der Waals surface area (Å²) in [7, 11) is 0. The second-order valence-corrected chi connectivity index (χ2v) is 8.38. The Labute approximate surface area is 196 Å². The normalized spacial score (nSPS) is 13.8. The fourth-order valence-corrected chi connectivity index (χ4v) is 3.97. The van der Waals surface area contributed by atoms with E-state index in [0.29, 0.717) is 32.7 Å². The van der Waals surface area contributed by atoms with Crippen molar-refractivity contribution >= 4 is 52.0 Å². The topological polar surface area (TPSA) is 58.6 Å². The van der Waals surface area contributed by atoms with Gasteiger partial charge in [-0.05, 0) is 61.9 Å². The van der Waals surface area contributed by atoms with E-state index in [1.165, 1.54) is 12.1 Å². The van der Waals surface area contributed by atoms with Crippen molar-refractivity contribution in [3.63, 3.8) is 0 Å². The number of nitrogens with zero attached hydrogens (tertiary/aromatic N) is 1. The van der Waals surface area contributed by atoms with Crippen molar-refractivity contribution in [1.29, 1.82) is 0 Å². The summed E-state index contributed by atoms with van der Waals surface area (Å²) in [5, 5.41) is 3.79. The molecule has 3 aromatic rings. The van der Waals surface area contributed by atoms with E-state index in [9.17, 15) is 9.59 Å². The number of anilines is 2. The predicted molar refractivity (Wildman–Crippen MR) is 128 cm³/mol. The lowest BCUT2D eigenvalue weighted by molar-refractivity contribution is -0.120. The smallest absolute Gasteiger partial charge is 0.282 e. The molecule has 0 bridgehead atoms. The lowest BCUT2D eigenvalue weighted by Crippen LogP contribution is -2.32. The number of ether oxygens (including phenoxy) is 1. The Hall–Kier alpha value is -3.28. The van der Waals surface area contributed by atoms with Crippen LogP contribution in [0.15, 0.2) is 78.5 Å². The molecular formula is C25H20Cl2N2O3. The van der Waals surface area contributed by atoms with Gasteiger partial charge in [0.05, 0.1) is 17.4 Å². The van der Waals surface area contributed by atoms with E-state index in [1.54, 1.807) is 42.5 Å². The number of carbonyl (C=O) groups is 2. The molecule has 1 heterocycles. The number of amides is 2. The molecule has 32 heavy (non-hydrogen) atoms. The molecule has 2 amide bonds. The van der Waals surface area contributed by atoms with Gasteiger partial charge >= 0.3 is 0 Å². The van der Waals surface area contributed by atoms with E-state index >= 15 is 0 Å². The first kappa shape index (κ1) is 21.9. The third kappa shape index (κ3) is 4.49. The van der Waals surface area contributed by atoms with Crippen LogP contribution >= 0.6 is 23.2 Å². The number of imide groups is 1. The van der Waals surface area contributed by atoms with Crippen LogP contribution in [0.1, 0.15) is 19.4 Å². The van der Waals surface area contributed by atoms with Crippen molar-refractivity contribution < 1.29 is 14.3 Å². The first-order chi connectivity index (χ1) is 15.3. The highest BCUT2D eigenvalue weighted by Gasteiger charge is 2.40. The quantitative estimate of drug-likeness (QED) is 0.440. The summed E-state index contributed by atoms with van der Waals surface area (Å²) < 4.78 is 5.67. The molecule has 1 aliphatic rings. The van der Waals surface area contributed by atoms with Gasteiger partial charge in [-0.25, -0.2) is 4.90 Å². The first-order valence-electron chi connectivity index (χ1n) is 10.0. The molecule has 3 aromatic carbocycles. The number of carbonyl (C=O) groups excluding carboxylic acids is 2. The number of benzene rings is 3. The van der Waals surface area contributed by atoms with E-state index in [4.69, 9.17) is 27.9 Å². The van der Waals surface area contributed by atoms with E-state index in [2.05, 4.69) is 5.32 Å². The molecule has 0 fully saturated rings. The van der Waals surface area contributed by atoms with Crippen LogP contribution in [0.3, 0.4) is 0 Å². The Morgan fingerprint density at radius 2 is 1.47 bits per heavy atom. The Balaban J connectivity index is 1.74. The molecule has 0 atom stereocenters. The molecule has 0 spiro atoms. The van der Waals surface area contributed by atoms with Crippen LogP contribution in [0, 0.1) is 0 Å². The van der Waals surface area contributed by atoms with Crippen molar-refractivity contribution in [3.05, 3.63) is 94.1 Å². The molecule has 0 aliphatic carbocycles. The maximum atomic E-state index is 13.4. The molecule has 1 aliphatic heterocycles. The molecule has 162 valence electrons. The minimum absolute atomic E-state index is 0.0494. The van der Waals surface area contributed by atoms with Crippen LogP contribution in [-0.4, -0.2) is 17.9 Å². The zero-order chi connectivity index (χ0) is 22.8. The number of rotatable bonds is 6. The maximum absolute atomic E-state index is 13.4. The Kier molecular flexibility index (Phi) is 6.21. The van der Waals surface area contributed by atoms with Gasteiger partial charge in [0.25, 0.3) is 11.8 Å². The van der Waals surface area contributed by atoms with E-state index in [1.807, 2.05) is 32.0 Å². The third-order valence-corrected chi connectivity index (χ3v) is 5.18. The minimum Gasteiger partial charge on any atom is -0.491 e. The van der Waals surface area contributed by atoms with Gasteiger partial charge in [0.1, 0.15) is 11.4 Å². The Morgan fingerprint density at radius 1 is 0.844 bits per heavy atom. The van der Waals surface area contributed by atoms with Gasteiger partial charge in [-0.15, -0.1) is 0 Å². The van der Waals surface area contributed by atoms with Crippen LogP contribution < -0.4 is 15.0 Å². The summed E-state index contributed by atoms with van der Waals surface area (Å²) in [6.45, 7) is 3.89. The Bertz CT molecular complexity index is 1190. The summed E-state index contributed by atoms with van der Waals surface area (Å²) >= 11 is 12.2. The average Bonchev–Trinajstić information content (AvgIpc) is 2.98. The van der Waals surface area contributed by atoms with Gasteiger partial charge in [0, 0.05) is 15.7 Å². The zero-order valence-corrected chi connectivity index (χ0v) is 18.9. The first-order valence-corrected chi connectivity index (χ1v) is 10.8. The summed E-state index contributed by atoms with van der Waals surface area (Å²) in [4.78, 5) is 27.9. The monoisotopic (exact) mass is 466 g/mol. The predicted octanol–water partition coefficient (Wildman–Crippen LogP) is 6.18. The van der Waals surface area contributed by atoms with Gasteiger partial charge in [-0.1, -0.05) is 53.5 Å². The second kappa shape index (κ2) is 9.07. The molecular weight excluding hydrogens is 447 g/mol. The summed E-state index contributed by atoms with van der Waals surface area (Å²) in [5.41, 5.74) is 2.04. The van der Waals surface area contributed by atoms with Crippen LogP contribution in [0.4, 0.5) is 11.4 Å². The van der Waals surface area contributed by atoms with Crippen LogP contribution in [0.2, 0.25) is 10.0 Å². The lowest BCUT2D eigenvalue weighted by atomic mass is 10.0.